The highest BCUT2D eigenvalue weighted by Crippen LogP contribution is 2.39. The van der Waals surface area contributed by atoms with Crippen molar-refractivity contribution in [3.05, 3.63) is 35.4 Å². The lowest BCUT2D eigenvalue weighted by Crippen LogP contribution is -2.41. The third-order valence-corrected chi connectivity index (χ3v) is 3.14. The summed E-state index contributed by atoms with van der Waals surface area (Å²) in [5.41, 5.74) is 4.20. The van der Waals surface area contributed by atoms with Gasteiger partial charge in [-0.25, -0.2) is 0 Å². The molecule has 0 bridgehead atoms. The molecule has 6 heteroatoms. The van der Waals surface area contributed by atoms with Crippen molar-refractivity contribution in [2.45, 2.75) is 37.9 Å². The number of nitrogens with two attached hydrogens (primary N) is 1. The van der Waals surface area contributed by atoms with Gasteiger partial charge in [-0.1, -0.05) is 18.2 Å². The smallest absolute Gasteiger partial charge is 0.416 e. The number of hydrogen-bond donors (Lipinski definition) is 1. The van der Waals surface area contributed by atoms with Gasteiger partial charge in [0.15, 0.2) is 0 Å². The Hall–Kier alpha value is -1.56. The molecule has 0 heterocycles. The van der Waals surface area contributed by atoms with Crippen LogP contribution in [-0.4, -0.2) is 18.6 Å². The first-order valence-corrected chi connectivity index (χ1v) is 6.09. The highest BCUT2D eigenvalue weighted by Gasteiger charge is 2.39. The maximum absolute atomic E-state index is 13.1. The number of methoxy groups -OCH3 is 1. The number of hydrogen-bond acceptors (Lipinski definition) is 3. The average Bonchev–Trinajstić information content (AvgIpc) is 2.33. The molecule has 0 saturated carbocycles. The van der Waals surface area contributed by atoms with Crippen LogP contribution in [0.25, 0.3) is 0 Å². The van der Waals surface area contributed by atoms with Gasteiger partial charge in [0, 0.05) is 11.5 Å². The lowest BCUT2D eigenvalue weighted by molar-refractivity contribution is -0.143. The summed E-state index contributed by atoms with van der Waals surface area (Å²) in [6, 6.07) is 5.15. The zero-order valence-electron chi connectivity index (χ0n) is 11.6. The number of rotatable bonds is 4. The third kappa shape index (κ3) is 3.96. The maximum Gasteiger partial charge on any atom is 0.416 e. The molecule has 3 nitrogen and oxygen atoms in total. The molecule has 1 rings (SSSR count). The van der Waals surface area contributed by atoms with E-state index in [2.05, 4.69) is 4.74 Å². The van der Waals surface area contributed by atoms with E-state index >= 15 is 0 Å². The second kappa shape index (κ2) is 5.83. The zero-order chi connectivity index (χ0) is 15.6. The molecule has 20 heavy (non-hydrogen) atoms. The fourth-order valence-corrected chi connectivity index (χ4v) is 2.08. The number of carbonyl (C=O) groups is 1. The van der Waals surface area contributed by atoms with Crippen molar-refractivity contribution in [1.29, 1.82) is 0 Å². The number of ether oxygens (including phenoxy) is 1. The number of halogens is 3. The molecular formula is C14H18F3NO2. The first kappa shape index (κ1) is 16.5. The summed E-state index contributed by atoms with van der Waals surface area (Å²) < 4.78 is 43.7. The first-order valence-electron chi connectivity index (χ1n) is 6.09. The molecule has 0 fully saturated rings. The van der Waals surface area contributed by atoms with Gasteiger partial charge in [-0.3, -0.25) is 4.79 Å². The molecule has 0 aromatic heterocycles. The second-order valence-corrected chi connectivity index (χ2v) is 5.24. The van der Waals surface area contributed by atoms with Crippen molar-refractivity contribution >= 4 is 5.97 Å². The molecule has 0 aliphatic heterocycles. The molecular weight excluding hydrogens is 271 g/mol. The standard InChI is InChI=1S/C14H18F3NO2/c1-13(2,18)11(8-12(19)20-3)9-6-4-5-7-10(9)14(15,16)17/h4-7,11H,8,18H2,1-3H3. The second-order valence-electron chi connectivity index (χ2n) is 5.24. The monoisotopic (exact) mass is 289 g/mol. The van der Waals surface area contributed by atoms with Crippen molar-refractivity contribution in [2.24, 2.45) is 5.73 Å². The molecule has 0 aliphatic rings. The highest BCUT2D eigenvalue weighted by atomic mass is 19.4. The maximum atomic E-state index is 13.1. The zero-order valence-corrected chi connectivity index (χ0v) is 11.6. The van der Waals surface area contributed by atoms with Gasteiger partial charge in [-0.2, -0.15) is 13.2 Å². The molecule has 1 aromatic rings. The van der Waals surface area contributed by atoms with Gasteiger partial charge < -0.3 is 10.5 Å². The van der Waals surface area contributed by atoms with Crippen LogP contribution in [-0.2, 0) is 15.7 Å². The van der Waals surface area contributed by atoms with Crippen molar-refractivity contribution in [1.82, 2.24) is 0 Å². The molecule has 1 atom stereocenters. The Kier molecular flexibility index (Phi) is 4.81. The van der Waals surface area contributed by atoms with E-state index in [0.717, 1.165) is 6.07 Å². The van der Waals surface area contributed by atoms with E-state index < -0.39 is 29.2 Å². The first-order chi connectivity index (χ1) is 9.07. The van der Waals surface area contributed by atoms with Crippen LogP contribution < -0.4 is 5.73 Å². The molecule has 0 aliphatic carbocycles. The number of carbonyl (C=O) groups excluding carboxylic acids is 1. The summed E-state index contributed by atoms with van der Waals surface area (Å²) in [6.07, 6.45) is -4.69. The number of benzene rings is 1. The Morgan fingerprint density at radius 2 is 1.85 bits per heavy atom. The normalized spacial score (nSPS) is 13.9. The van der Waals surface area contributed by atoms with E-state index in [1.54, 1.807) is 13.8 Å². The fourth-order valence-electron chi connectivity index (χ4n) is 2.08. The van der Waals surface area contributed by atoms with Gasteiger partial charge in [0.1, 0.15) is 0 Å². The van der Waals surface area contributed by atoms with E-state index in [0.29, 0.717) is 0 Å². The SMILES string of the molecule is COC(=O)CC(c1ccccc1C(F)(F)F)C(C)(C)N. The van der Waals surface area contributed by atoms with Crippen LogP contribution in [0.4, 0.5) is 13.2 Å². The Balaban J connectivity index is 3.32. The number of alkyl halides is 3. The van der Waals surface area contributed by atoms with Crippen LogP contribution in [0.15, 0.2) is 24.3 Å². The van der Waals surface area contributed by atoms with E-state index in [4.69, 9.17) is 5.73 Å². The minimum Gasteiger partial charge on any atom is -0.469 e. The van der Waals surface area contributed by atoms with Crippen LogP contribution >= 0.6 is 0 Å². The van der Waals surface area contributed by atoms with E-state index in [-0.39, 0.29) is 12.0 Å². The average molecular weight is 289 g/mol. The molecule has 0 amide bonds. The lowest BCUT2D eigenvalue weighted by atomic mass is 9.78. The van der Waals surface area contributed by atoms with Crippen LogP contribution in [0.2, 0.25) is 0 Å². The minimum atomic E-state index is -4.49. The molecule has 1 aromatic carbocycles. The summed E-state index contributed by atoms with van der Waals surface area (Å²) >= 11 is 0. The summed E-state index contributed by atoms with van der Waals surface area (Å²) in [6.45, 7) is 3.18. The Labute approximate surface area is 115 Å². The third-order valence-electron chi connectivity index (χ3n) is 3.14. The molecule has 0 spiro atoms. The van der Waals surface area contributed by atoms with Gasteiger partial charge in [0.05, 0.1) is 19.1 Å². The Morgan fingerprint density at radius 3 is 2.30 bits per heavy atom. The summed E-state index contributed by atoms with van der Waals surface area (Å²) in [7, 11) is 1.19. The lowest BCUT2D eigenvalue weighted by Gasteiger charge is -2.32. The number of esters is 1. The molecule has 112 valence electrons. The van der Waals surface area contributed by atoms with Crippen LogP contribution in [0.3, 0.4) is 0 Å². The Morgan fingerprint density at radius 1 is 1.30 bits per heavy atom. The van der Waals surface area contributed by atoms with Crippen molar-refractivity contribution < 1.29 is 22.7 Å². The topological polar surface area (TPSA) is 52.3 Å². The largest absolute Gasteiger partial charge is 0.469 e. The van der Waals surface area contributed by atoms with E-state index in [9.17, 15) is 18.0 Å². The summed E-state index contributed by atoms with van der Waals surface area (Å²) in [4.78, 5) is 11.4. The quantitative estimate of drug-likeness (QED) is 0.867. The predicted octanol–water partition coefficient (Wildman–Crippen LogP) is 3.09. The van der Waals surface area contributed by atoms with Gasteiger partial charge in [-0.05, 0) is 25.5 Å². The van der Waals surface area contributed by atoms with E-state index in [1.807, 2.05) is 0 Å². The van der Waals surface area contributed by atoms with Crippen molar-refractivity contribution in [3.63, 3.8) is 0 Å². The van der Waals surface area contributed by atoms with Crippen LogP contribution in [0.1, 0.15) is 37.3 Å². The summed E-state index contributed by atoms with van der Waals surface area (Å²) in [5.74, 6) is -1.38. The Bertz CT molecular complexity index is 478. The highest BCUT2D eigenvalue weighted by molar-refractivity contribution is 5.71. The van der Waals surface area contributed by atoms with Gasteiger partial charge >= 0.3 is 12.1 Å². The molecule has 0 radical (unpaired) electrons. The van der Waals surface area contributed by atoms with Gasteiger partial charge in [-0.15, -0.1) is 0 Å². The molecule has 1 unspecified atom stereocenters. The van der Waals surface area contributed by atoms with Crippen LogP contribution in [0.5, 0.6) is 0 Å². The van der Waals surface area contributed by atoms with E-state index in [1.165, 1.54) is 25.3 Å². The fraction of sp³-hybridized carbons (Fsp3) is 0.500. The van der Waals surface area contributed by atoms with Crippen molar-refractivity contribution in [2.75, 3.05) is 7.11 Å². The van der Waals surface area contributed by atoms with Crippen molar-refractivity contribution in [3.8, 4) is 0 Å². The minimum absolute atomic E-state index is 0.0119. The summed E-state index contributed by atoms with van der Waals surface area (Å²) in [5, 5.41) is 0. The van der Waals surface area contributed by atoms with Gasteiger partial charge in [0.25, 0.3) is 0 Å². The van der Waals surface area contributed by atoms with Crippen LogP contribution in [0, 0.1) is 0 Å². The van der Waals surface area contributed by atoms with Gasteiger partial charge in [0.2, 0.25) is 0 Å². The molecule has 2 N–H and O–H groups in total. The predicted molar refractivity (Wildman–Crippen MR) is 69.1 cm³/mol. The molecule has 0 saturated heterocycles.